The number of aryl methyl sites for hydroxylation is 9. The Balaban J connectivity index is 0.000000254. The Bertz CT molecular complexity index is 4300. The standard InChI is InChI=1S/C26H42GeN.2C25H40GeN.C22H34GeN/c1-11-20(12-2)21-14-13-19(3)23(15-21)25-16-22(17-26(4,5)6)24(18-28(25)10)27(7,8)9;1-18-12-13-20(25(5,6)7)15-21(18)23-14-19(16-24(2,3)4)22(17-27(23)11)26(8,9)10;1-18(2)13-20-12-11-19(3)22(14-20)24-15-21(16-25(4,5)6)23(17-27(24)10)26(7,8)9;1-16-10-11-19(17(2)12-16)21-13-18(14-22(3,4)5)20(15-24(21)9)23(6,7)8/h13-16,18,20H,11-12,17H2,1-10H3;12-15,17H,16H2,1-11H3;11-12,14-15,17-18H,13,16H2,1-10H3;10-13,15H,14H2,1-9H3/q4*+1. The van der Waals surface area contributed by atoms with Gasteiger partial charge in [0.1, 0.15) is 0 Å². The van der Waals surface area contributed by atoms with Gasteiger partial charge in [0.2, 0.25) is 0 Å². The van der Waals surface area contributed by atoms with E-state index in [0.717, 1.165) is 32.1 Å². The summed E-state index contributed by atoms with van der Waals surface area (Å²) in [6.45, 7) is 55.4. The number of benzene rings is 4. The van der Waals surface area contributed by atoms with Crippen molar-refractivity contribution in [1.82, 2.24) is 0 Å². The zero-order chi connectivity index (χ0) is 80.9. The summed E-state index contributed by atoms with van der Waals surface area (Å²) in [6, 6.07) is 37.9. The molecule has 0 aliphatic carbocycles. The fraction of sp³-hybridized carbons (Fsp3) is 0.551. The van der Waals surface area contributed by atoms with Crippen LogP contribution >= 0.6 is 0 Å². The molecule has 580 valence electrons. The van der Waals surface area contributed by atoms with Gasteiger partial charge in [0.05, 0.1) is 0 Å². The predicted molar refractivity (Wildman–Crippen MR) is 481 cm³/mol. The van der Waals surface area contributed by atoms with Crippen molar-refractivity contribution >= 4 is 70.6 Å². The molecule has 0 radical (unpaired) electrons. The molecule has 0 aliphatic rings. The van der Waals surface area contributed by atoms with E-state index >= 15 is 0 Å². The van der Waals surface area contributed by atoms with Gasteiger partial charge < -0.3 is 0 Å². The Kier molecular flexibility index (Phi) is 31.3. The van der Waals surface area contributed by atoms with E-state index in [2.05, 4.69) is 404 Å². The van der Waals surface area contributed by atoms with Crippen LogP contribution in [0.1, 0.15) is 217 Å². The van der Waals surface area contributed by atoms with Crippen molar-refractivity contribution in [2.24, 2.45) is 55.8 Å². The molecule has 0 spiro atoms. The second kappa shape index (κ2) is 36.0. The quantitative estimate of drug-likeness (QED) is 0.0638. The first kappa shape index (κ1) is 92.3. The summed E-state index contributed by atoms with van der Waals surface area (Å²) in [5.74, 6) is 31.4. The van der Waals surface area contributed by atoms with Crippen LogP contribution in [0.5, 0.6) is 0 Å². The molecular formula is C98H156Ge4N4+4. The van der Waals surface area contributed by atoms with Crippen LogP contribution in [-0.4, -0.2) is 53.1 Å². The average molecular weight is 1680 g/mol. The number of pyridine rings is 4. The summed E-state index contributed by atoms with van der Waals surface area (Å²) < 4.78 is 16.0. The first-order chi connectivity index (χ1) is 48.1. The monoisotopic (exact) mass is 1680 g/mol. The Labute approximate surface area is 664 Å². The number of hydrogen-bond donors (Lipinski definition) is 0. The number of hydrogen-bond acceptors (Lipinski definition) is 0. The zero-order valence-electron chi connectivity index (χ0n) is 75.9. The second-order valence-corrected chi connectivity index (χ2v) is 85.0. The molecule has 0 saturated heterocycles. The molecule has 0 atom stereocenters. The van der Waals surface area contributed by atoms with E-state index in [9.17, 15) is 0 Å². The van der Waals surface area contributed by atoms with Crippen LogP contribution in [0.4, 0.5) is 0 Å². The van der Waals surface area contributed by atoms with Gasteiger partial charge in [0.25, 0.3) is 0 Å². The first-order valence-electron chi connectivity index (χ1n) is 40.6. The summed E-state index contributed by atoms with van der Waals surface area (Å²) in [6.07, 6.45) is 17.9. The predicted octanol–water partition coefficient (Wildman–Crippen LogP) is 23.2. The van der Waals surface area contributed by atoms with E-state index in [-0.39, 0.29) is 5.41 Å². The van der Waals surface area contributed by atoms with Crippen molar-refractivity contribution in [2.45, 2.75) is 292 Å². The SMILES string of the molecule is CCC(CC)c1ccc(C)c(-c2cc(CC(C)(C)C)[c]([Ge]([CH3])([CH3])[CH3])c[n+]2C)c1.Cc1ccc(-c2cc(CC(C)(C)C)[c]([Ge]([CH3])([CH3])[CH3])c[n+]2C)c(C)c1.Cc1ccc(C(C)(C)C)cc1-c1cc(CC(C)(C)C)[c]([Ge]([CH3])([CH3])[CH3])c[n+]1C.Cc1ccc(CC(C)C)cc1-c1cc(CC(C)(C)C)[c]([Ge]([CH3])([CH3])[CH3])c[n+]1C. The average Bonchev–Trinajstić information content (AvgIpc) is 0.779. The number of nitrogens with zero attached hydrogens (tertiary/aromatic N) is 4. The molecule has 0 saturated carbocycles. The molecule has 0 aliphatic heterocycles. The minimum atomic E-state index is -1.95. The van der Waals surface area contributed by atoms with Crippen molar-refractivity contribution in [2.75, 3.05) is 0 Å². The second-order valence-electron chi connectivity index (χ2n) is 42.7. The van der Waals surface area contributed by atoms with Crippen molar-refractivity contribution < 1.29 is 18.3 Å². The zero-order valence-corrected chi connectivity index (χ0v) is 84.3. The van der Waals surface area contributed by atoms with Gasteiger partial charge in [0, 0.05) is 0 Å². The van der Waals surface area contributed by atoms with Crippen LogP contribution in [0.25, 0.3) is 45.0 Å². The molecular weight excluding hydrogens is 1520 g/mol. The van der Waals surface area contributed by atoms with Gasteiger partial charge in [-0.3, -0.25) is 0 Å². The number of rotatable bonds is 17. The molecule has 8 aromatic rings. The van der Waals surface area contributed by atoms with Crippen LogP contribution in [0.3, 0.4) is 0 Å². The van der Waals surface area contributed by atoms with Crippen LogP contribution in [0.15, 0.2) is 122 Å². The summed E-state index contributed by atoms with van der Waals surface area (Å²) in [7, 11) is 8.88. The Hall–Kier alpha value is -4.35. The van der Waals surface area contributed by atoms with Gasteiger partial charge in [-0.2, -0.15) is 0 Å². The molecule has 0 amide bonds. The van der Waals surface area contributed by atoms with Crippen LogP contribution in [-0.2, 0) is 65.7 Å². The Morgan fingerprint density at radius 1 is 0.330 bits per heavy atom. The van der Waals surface area contributed by atoms with Crippen molar-refractivity contribution in [3.63, 3.8) is 0 Å². The molecule has 8 heteroatoms. The molecule has 0 N–H and O–H groups in total. The molecule has 4 nitrogen and oxygen atoms in total. The molecule has 0 bridgehead atoms. The topological polar surface area (TPSA) is 15.5 Å². The van der Waals surface area contributed by atoms with E-state index in [1.807, 2.05) is 0 Å². The minimum absolute atomic E-state index is 0.163. The summed E-state index contributed by atoms with van der Waals surface area (Å²) >= 11 is -7.75. The first-order valence-corrected chi connectivity index (χ1v) is 70.0. The van der Waals surface area contributed by atoms with Crippen molar-refractivity contribution in [3.05, 3.63) is 189 Å². The fourth-order valence-corrected chi connectivity index (χ4v) is 29.7. The Morgan fingerprint density at radius 3 is 0.925 bits per heavy atom. The normalized spacial score (nSPS) is 12.8. The van der Waals surface area contributed by atoms with E-state index in [4.69, 9.17) is 0 Å². The number of aromatic nitrogens is 4. The summed E-state index contributed by atoms with van der Waals surface area (Å²) in [5.41, 5.74) is 29.6. The van der Waals surface area contributed by atoms with Gasteiger partial charge >= 0.3 is 670 Å². The molecule has 0 unspecified atom stereocenters. The van der Waals surface area contributed by atoms with Gasteiger partial charge in [-0.05, 0) is 0 Å². The third-order valence-electron chi connectivity index (χ3n) is 20.8. The van der Waals surface area contributed by atoms with E-state index in [0.29, 0.717) is 33.5 Å². The van der Waals surface area contributed by atoms with Crippen molar-refractivity contribution in [1.29, 1.82) is 0 Å². The van der Waals surface area contributed by atoms with E-state index in [1.165, 1.54) is 102 Å². The molecule has 0 fully saturated rings. The van der Waals surface area contributed by atoms with E-state index in [1.54, 1.807) is 39.8 Å². The summed E-state index contributed by atoms with van der Waals surface area (Å²) in [5, 5.41) is 0. The Morgan fingerprint density at radius 2 is 0.632 bits per heavy atom. The molecule has 4 aromatic heterocycles. The van der Waals surface area contributed by atoms with Crippen molar-refractivity contribution in [3.8, 4) is 45.0 Å². The van der Waals surface area contributed by atoms with Gasteiger partial charge in [0.15, 0.2) is 0 Å². The van der Waals surface area contributed by atoms with Crippen LogP contribution in [0, 0.1) is 62.2 Å². The maximum absolute atomic E-state index is 2.51. The molecule has 106 heavy (non-hydrogen) atoms. The third kappa shape index (κ3) is 27.0. The van der Waals surface area contributed by atoms with Crippen LogP contribution in [0.2, 0.25) is 69.1 Å². The molecule has 8 rings (SSSR count). The van der Waals surface area contributed by atoms with Gasteiger partial charge in [-0.15, -0.1) is 0 Å². The van der Waals surface area contributed by atoms with Gasteiger partial charge in [-0.25, -0.2) is 0 Å². The maximum atomic E-state index is 2.51. The fourth-order valence-electron chi connectivity index (χ4n) is 15.3. The van der Waals surface area contributed by atoms with Gasteiger partial charge in [-0.1, -0.05) is 0 Å². The molecule has 4 aromatic carbocycles. The summed E-state index contributed by atoms with van der Waals surface area (Å²) in [4.78, 5) is 0. The van der Waals surface area contributed by atoms with Crippen LogP contribution < -0.4 is 35.9 Å². The molecule has 4 heterocycles. The third-order valence-corrected chi connectivity index (χ3v) is 38.1. The van der Waals surface area contributed by atoms with E-state index < -0.39 is 53.1 Å².